The van der Waals surface area contributed by atoms with Crippen LogP contribution < -0.4 is 19.7 Å². The summed E-state index contributed by atoms with van der Waals surface area (Å²) in [6.45, 7) is 4.96. The van der Waals surface area contributed by atoms with Gasteiger partial charge in [-0.05, 0) is 48.9 Å². The van der Waals surface area contributed by atoms with E-state index < -0.39 is 0 Å². The number of rotatable bonds is 7. The van der Waals surface area contributed by atoms with Crippen LogP contribution in [0.15, 0.2) is 66.7 Å². The van der Waals surface area contributed by atoms with Gasteiger partial charge in [-0.25, -0.2) is 0 Å². The molecule has 7 heteroatoms. The third-order valence-corrected chi connectivity index (χ3v) is 6.22. The number of anilines is 2. The Balaban J connectivity index is 1.34. The third kappa shape index (κ3) is 5.74. The Morgan fingerprint density at radius 3 is 2.09 bits per heavy atom. The molecular formula is C28H31N3O4. The van der Waals surface area contributed by atoms with E-state index in [1.165, 1.54) is 19.8 Å². The number of ether oxygens (including phenoxy) is 2. The van der Waals surface area contributed by atoms with E-state index in [1.54, 1.807) is 18.2 Å². The smallest absolute Gasteiger partial charge is 0.263 e. The molecule has 0 aromatic heterocycles. The summed E-state index contributed by atoms with van der Waals surface area (Å²) in [6, 6.07) is 21.1. The molecule has 1 heterocycles. The molecule has 1 N–H and O–H groups in total. The second kappa shape index (κ2) is 11.0. The van der Waals surface area contributed by atoms with Gasteiger partial charge in [0, 0.05) is 37.6 Å². The van der Waals surface area contributed by atoms with Crippen molar-refractivity contribution >= 4 is 23.2 Å². The highest BCUT2D eigenvalue weighted by Crippen LogP contribution is 2.29. The van der Waals surface area contributed by atoms with Gasteiger partial charge >= 0.3 is 0 Å². The molecule has 0 atom stereocenters. The number of amides is 2. The predicted octanol–water partition coefficient (Wildman–Crippen LogP) is 4.16. The molecule has 1 aliphatic heterocycles. The summed E-state index contributed by atoms with van der Waals surface area (Å²) in [5.74, 6) is 0.773. The first-order valence-electron chi connectivity index (χ1n) is 11.7. The number of aryl methyl sites for hydroxylation is 1. The number of hydrogen-bond donors (Lipinski definition) is 1. The van der Waals surface area contributed by atoms with Gasteiger partial charge in [-0.15, -0.1) is 0 Å². The Hall–Kier alpha value is -4.00. The van der Waals surface area contributed by atoms with Crippen molar-refractivity contribution in [3.63, 3.8) is 0 Å². The van der Waals surface area contributed by atoms with E-state index in [0.29, 0.717) is 42.3 Å². The third-order valence-electron chi connectivity index (χ3n) is 6.22. The van der Waals surface area contributed by atoms with Gasteiger partial charge in [-0.2, -0.15) is 0 Å². The fraction of sp³-hybridized carbons (Fsp3) is 0.286. The minimum atomic E-state index is -0.298. The first kappa shape index (κ1) is 24.1. The molecule has 0 radical (unpaired) electrons. The Bertz CT molecular complexity index is 1160. The number of nitrogens with zero attached hydrogens (tertiary/aromatic N) is 2. The lowest BCUT2D eigenvalue weighted by atomic mass is 10.1. The van der Waals surface area contributed by atoms with Crippen molar-refractivity contribution in [1.29, 1.82) is 0 Å². The standard InChI is InChI=1S/C28H31N3O4/c1-20-6-4-7-21(18-20)19-26(32)31-16-14-30(15-17-31)23-12-10-22(11-13-23)29-28(33)27-24(34-2)8-5-9-25(27)35-3/h4-13,18H,14-17,19H2,1-3H3,(H,29,33). The molecule has 0 spiro atoms. The minimum Gasteiger partial charge on any atom is -0.496 e. The zero-order valence-corrected chi connectivity index (χ0v) is 20.4. The van der Waals surface area contributed by atoms with Crippen LogP contribution >= 0.6 is 0 Å². The zero-order chi connectivity index (χ0) is 24.8. The van der Waals surface area contributed by atoms with Crippen LogP contribution in [0.4, 0.5) is 11.4 Å². The molecule has 7 nitrogen and oxygen atoms in total. The van der Waals surface area contributed by atoms with E-state index in [2.05, 4.69) is 16.3 Å². The molecule has 2 amide bonds. The van der Waals surface area contributed by atoms with E-state index in [9.17, 15) is 9.59 Å². The quantitative estimate of drug-likeness (QED) is 0.558. The topological polar surface area (TPSA) is 71.1 Å². The molecule has 3 aromatic carbocycles. The molecule has 3 aromatic rings. The minimum absolute atomic E-state index is 0.167. The number of piperazine rings is 1. The molecule has 1 aliphatic rings. The summed E-state index contributed by atoms with van der Waals surface area (Å²) >= 11 is 0. The molecule has 0 saturated carbocycles. The van der Waals surface area contributed by atoms with E-state index in [-0.39, 0.29) is 11.8 Å². The van der Waals surface area contributed by atoms with Gasteiger partial charge in [0.25, 0.3) is 5.91 Å². The Kier molecular flexibility index (Phi) is 7.55. The van der Waals surface area contributed by atoms with Gasteiger partial charge in [-0.3, -0.25) is 9.59 Å². The molecule has 0 bridgehead atoms. The van der Waals surface area contributed by atoms with Crippen molar-refractivity contribution in [2.24, 2.45) is 0 Å². The number of benzene rings is 3. The maximum absolute atomic E-state index is 12.9. The SMILES string of the molecule is COc1cccc(OC)c1C(=O)Nc1ccc(N2CCN(C(=O)Cc3cccc(C)c3)CC2)cc1. The number of methoxy groups -OCH3 is 2. The van der Waals surface area contributed by atoms with Crippen LogP contribution in [0, 0.1) is 6.92 Å². The average Bonchev–Trinajstić information content (AvgIpc) is 2.88. The van der Waals surface area contributed by atoms with Crippen LogP contribution in [-0.4, -0.2) is 57.1 Å². The van der Waals surface area contributed by atoms with Crippen molar-refractivity contribution in [3.8, 4) is 11.5 Å². The molecule has 1 saturated heterocycles. The van der Waals surface area contributed by atoms with Gasteiger partial charge in [0.15, 0.2) is 0 Å². The second-order valence-corrected chi connectivity index (χ2v) is 8.57. The van der Waals surface area contributed by atoms with Crippen LogP contribution in [0.2, 0.25) is 0 Å². The van der Waals surface area contributed by atoms with Crippen molar-refractivity contribution < 1.29 is 19.1 Å². The fourth-order valence-corrected chi connectivity index (χ4v) is 4.35. The summed E-state index contributed by atoms with van der Waals surface area (Å²) in [5.41, 5.74) is 4.32. The Labute approximate surface area is 206 Å². The predicted molar refractivity (Wildman–Crippen MR) is 138 cm³/mol. The van der Waals surface area contributed by atoms with Crippen LogP contribution in [0.1, 0.15) is 21.5 Å². The number of nitrogens with one attached hydrogen (secondary N) is 1. The molecule has 0 aliphatic carbocycles. The maximum atomic E-state index is 12.9. The molecular weight excluding hydrogens is 442 g/mol. The Morgan fingerprint density at radius 1 is 0.857 bits per heavy atom. The van der Waals surface area contributed by atoms with E-state index in [0.717, 1.165) is 24.3 Å². The van der Waals surface area contributed by atoms with E-state index in [1.807, 2.05) is 54.3 Å². The van der Waals surface area contributed by atoms with Gasteiger partial charge in [0.1, 0.15) is 17.1 Å². The first-order chi connectivity index (χ1) is 17.0. The lowest BCUT2D eigenvalue weighted by Crippen LogP contribution is -2.49. The molecule has 182 valence electrons. The van der Waals surface area contributed by atoms with Crippen LogP contribution in [-0.2, 0) is 11.2 Å². The summed E-state index contributed by atoms with van der Waals surface area (Å²) in [6.07, 6.45) is 0.438. The zero-order valence-electron chi connectivity index (χ0n) is 20.4. The highest BCUT2D eigenvalue weighted by molar-refractivity contribution is 6.08. The second-order valence-electron chi connectivity index (χ2n) is 8.57. The van der Waals surface area contributed by atoms with Crippen molar-refractivity contribution in [2.45, 2.75) is 13.3 Å². The first-order valence-corrected chi connectivity index (χ1v) is 11.7. The van der Waals surface area contributed by atoms with Crippen LogP contribution in [0.5, 0.6) is 11.5 Å². The van der Waals surface area contributed by atoms with Gasteiger partial charge in [0.2, 0.25) is 5.91 Å². The number of carbonyl (C=O) groups is 2. The summed E-state index contributed by atoms with van der Waals surface area (Å²) in [4.78, 5) is 29.8. The summed E-state index contributed by atoms with van der Waals surface area (Å²) in [5, 5.41) is 2.92. The monoisotopic (exact) mass is 473 g/mol. The lowest BCUT2D eigenvalue weighted by molar-refractivity contribution is -0.130. The molecule has 35 heavy (non-hydrogen) atoms. The fourth-order valence-electron chi connectivity index (χ4n) is 4.35. The highest BCUT2D eigenvalue weighted by atomic mass is 16.5. The largest absolute Gasteiger partial charge is 0.496 e. The number of hydrogen-bond acceptors (Lipinski definition) is 5. The lowest BCUT2D eigenvalue weighted by Gasteiger charge is -2.36. The van der Waals surface area contributed by atoms with Gasteiger partial charge in [-0.1, -0.05) is 35.9 Å². The van der Waals surface area contributed by atoms with Gasteiger partial charge in [0.05, 0.1) is 20.6 Å². The highest BCUT2D eigenvalue weighted by Gasteiger charge is 2.22. The average molecular weight is 474 g/mol. The Morgan fingerprint density at radius 2 is 1.49 bits per heavy atom. The van der Waals surface area contributed by atoms with Crippen LogP contribution in [0.3, 0.4) is 0 Å². The number of carbonyl (C=O) groups excluding carboxylic acids is 2. The molecule has 0 unspecified atom stereocenters. The van der Waals surface area contributed by atoms with Crippen molar-refractivity contribution in [3.05, 3.63) is 83.4 Å². The summed E-state index contributed by atoms with van der Waals surface area (Å²) in [7, 11) is 3.05. The molecule has 1 fully saturated rings. The molecule has 4 rings (SSSR count). The normalized spacial score (nSPS) is 13.3. The van der Waals surface area contributed by atoms with Crippen molar-refractivity contribution in [1.82, 2.24) is 4.90 Å². The van der Waals surface area contributed by atoms with E-state index in [4.69, 9.17) is 9.47 Å². The van der Waals surface area contributed by atoms with Crippen molar-refractivity contribution in [2.75, 3.05) is 50.6 Å². The van der Waals surface area contributed by atoms with Crippen LogP contribution in [0.25, 0.3) is 0 Å². The van der Waals surface area contributed by atoms with Gasteiger partial charge < -0.3 is 24.6 Å². The summed E-state index contributed by atoms with van der Waals surface area (Å²) < 4.78 is 10.7. The maximum Gasteiger partial charge on any atom is 0.263 e. The van der Waals surface area contributed by atoms with E-state index >= 15 is 0 Å².